The number of allylic oxidation sites excluding steroid dienone is 2. The summed E-state index contributed by atoms with van der Waals surface area (Å²) in [6.45, 7) is 16.6. The second-order valence-electron chi connectivity index (χ2n) is 9.20. The molecule has 2 aromatic rings. The van der Waals surface area contributed by atoms with Crippen LogP contribution in [0.2, 0.25) is 0 Å². The van der Waals surface area contributed by atoms with Gasteiger partial charge in [0.05, 0.1) is 14.2 Å². The summed E-state index contributed by atoms with van der Waals surface area (Å²) >= 11 is 5.72. The van der Waals surface area contributed by atoms with Crippen LogP contribution in [0, 0.1) is 5.92 Å². The lowest BCUT2D eigenvalue weighted by molar-refractivity contribution is -0.0814. The van der Waals surface area contributed by atoms with E-state index in [2.05, 4.69) is 33.6 Å². The second-order valence-corrected chi connectivity index (χ2v) is 9.55. The molecule has 200 valence electrons. The molecule has 1 heterocycles. The predicted molar refractivity (Wildman–Crippen MR) is 155 cm³/mol. The minimum atomic E-state index is -1.29. The number of nitrogens with zero attached hydrogens (tertiary/aromatic N) is 1. The Balaban J connectivity index is 2.25. The van der Waals surface area contributed by atoms with Gasteiger partial charge in [-0.1, -0.05) is 81.6 Å². The summed E-state index contributed by atoms with van der Waals surface area (Å²) in [5.74, 6) is 0.796. The number of methoxy groups -OCH3 is 2. The molecule has 0 spiro atoms. The molecule has 0 radical (unpaired) electrons. The van der Waals surface area contributed by atoms with Gasteiger partial charge >= 0.3 is 0 Å². The molecule has 1 saturated heterocycles. The molecule has 1 amide bonds. The maximum atomic E-state index is 14.0. The van der Waals surface area contributed by atoms with Gasteiger partial charge in [-0.3, -0.25) is 9.69 Å². The summed E-state index contributed by atoms with van der Waals surface area (Å²) in [5.41, 5.74) is 0.541. The maximum absolute atomic E-state index is 14.0. The van der Waals surface area contributed by atoms with Gasteiger partial charge in [-0.2, -0.15) is 0 Å². The Morgan fingerprint density at radius 2 is 1.74 bits per heavy atom. The van der Waals surface area contributed by atoms with Gasteiger partial charge in [0.25, 0.3) is 11.1 Å². The van der Waals surface area contributed by atoms with E-state index in [0.29, 0.717) is 29.2 Å². The van der Waals surface area contributed by atoms with Gasteiger partial charge in [0.2, 0.25) is 0 Å². The van der Waals surface area contributed by atoms with Crippen molar-refractivity contribution < 1.29 is 23.7 Å². The lowest BCUT2D eigenvalue weighted by Gasteiger charge is -2.41. The quantitative estimate of drug-likeness (QED) is 0.177. The first-order valence-electron chi connectivity index (χ1n) is 12.3. The van der Waals surface area contributed by atoms with Gasteiger partial charge < -0.3 is 18.9 Å². The monoisotopic (exact) mass is 533 g/mol. The van der Waals surface area contributed by atoms with Crippen molar-refractivity contribution in [1.82, 2.24) is 4.90 Å². The zero-order valence-electron chi connectivity index (χ0n) is 22.4. The number of ether oxygens (including phenoxy) is 4. The van der Waals surface area contributed by atoms with Crippen LogP contribution in [0.1, 0.15) is 35.9 Å². The molecule has 3 rings (SSSR count). The molecule has 0 bridgehead atoms. The minimum absolute atomic E-state index is 0.00687. The Morgan fingerprint density at radius 3 is 2.24 bits per heavy atom. The fraction of sp³-hybridized carbons (Fsp3) is 0.290. The Bertz CT molecular complexity index is 1200. The first-order chi connectivity index (χ1) is 18.3. The highest BCUT2D eigenvalue weighted by Crippen LogP contribution is 2.49. The van der Waals surface area contributed by atoms with E-state index < -0.39 is 23.7 Å². The molecule has 1 fully saturated rings. The van der Waals surface area contributed by atoms with Crippen molar-refractivity contribution in [3.8, 4) is 11.5 Å². The number of thiocarbonyl (C=S) groups is 1. The summed E-state index contributed by atoms with van der Waals surface area (Å²) in [6, 6.07) is 13.9. The van der Waals surface area contributed by atoms with Gasteiger partial charge in [0, 0.05) is 23.8 Å². The number of carbonyl (C=O) groups is 1. The highest BCUT2D eigenvalue weighted by atomic mass is 32.1. The highest BCUT2D eigenvalue weighted by molar-refractivity contribution is 7.80. The van der Waals surface area contributed by atoms with Gasteiger partial charge in [-0.25, -0.2) is 0 Å². The molecule has 1 aliphatic rings. The van der Waals surface area contributed by atoms with Crippen molar-refractivity contribution in [3.63, 3.8) is 0 Å². The summed E-state index contributed by atoms with van der Waals surface area (Å²) < 4.78 is 23.9. The summed E-state index contributed by atoms with van der Waals surface area (Å²) in [7, 11) is 3.05. The highest BCUT2D eigenvalue weighted by Gasteiger charge is 2.60. The van der Waals surface area contributed by atoms with E-state index in [1.54, 1.807) is 42.5 Å². The van der Waals surface area contributed by atoms with Crippen LogP contribution in [0.3, 0.4) is 0 Å². The normalized spacial score (nSPS) is 20.0. The van der Waals surface area contributed by atoms with Crippen molar-refractivity contribution in [2.45, 2.75) is 31.6 Å². The molecule has 1 aliphatic heterocycles. The zero-order valence-corrected chi connectivity index (χ0v) is 23.2. The number of carbonyl (C=O) groups excluding carboxylic acids is 1. The van der Waals surface area contributed by atoms with Crippen molar-refractivity contribution >= 4 is 23.3 Å². The van der Waals surface area contributed by atoms with Crippen LogP contribution < -0.4 is 9.47 Å². The van der Waals surface area contributed by atoms with E-state index in [1.165, 1.54) is 19.1 Å². The molecule has 0 saturated carbocycles. The number of amides is 1. The molecule has 0 N–H and O–H groups in total. The Hall–Kier alpha value is -3.68. The average molecular weight is 534 g/mol. The standard InChI is InChI=1S/C31H35NO5S/c1-8-14-24(9-2)31(28(36-20-21(4)5)22-15-12-11-13-16-22)27(10-3)32(30(38)37-31)29(33)23-17-25(34-6)19-26(18-23)35-7/h8-19,21,27-28H,1-3,20H2,4-7H3/b24-14+. The Labute approximate surface area is 230 Å². The van der Waals surface area contributed by atoms with Crippen LogP contribution in [0.15, 0.2) is 98.1 Å². The fourth-order valence-corrected chi connectivity index (χ4v) is 4.91. The first kappa shape index (κ1) is 28.9. The third-order valence-electron chi connectivity index (χ3n) is 6.27. The molecule has 0 aliphatic carbocycles. The zero-order chi connectivity index (χ0) is 27.9. The van der Waals surface area contributed by atoms with Gasteiger partial charge in [0.15, 0.2) is 5.60 Å². The molecular weight excluding hydrogens is 498 g/mol. The van der Waals surface area contributed by atoms with E-state index >= 15 is 0 Å². The van der Waals surface area contributed by atoms with Gasteiger partial charge in [0.1, 0.15) is 23.6 Å². The SMILES string of the molecule is C=C/C=C(\C=C)C1(C(OCC(C)C)c2ccccc2)OC(=S)N(C(=O)c2cc(OC)cc(OC)c2)C1C=C. The summed E-state index contributed by atoms with van der Waals surface area (Å²) in [6.07, 6.45) is 6.12. The van der Waals surface area contributed by atoms with E-state index in [9.17, 15) is 4.79 Å². The number of rotatable bonds is 12. The predicted octanol–water partition coefficient (Wildman–Crippen LogP) is 6.47. The third kappa shape index (κ3) is 5.59. The lowest BCUT2D eigenvalue weighted by Crippen LogP contribution is -2.52. The third-order valence-corrected chi connectivity index (χ3v) is 6.55. The first-order valence-corrected chi connectivity index (χ1v) is 12.7. The summed E-state index contributed by atoms with van der Waals surface area (Å²) in [4.78, 5) is 15.5. The van der Waals surface area contributed by atoms with Gasteiger partial charge in [-0.15, -0.1) is 6.58 Å². The van der Waals surface area contributed by atoms with Crippen LogP contribution in [-0.4, -0.2) is 48.5 Å². The number of benzene rings is 2. The van der Waals surface area contributed by atoms with Crippen molar-refractivity contribution in [1.29, 1.82) is 0 Å². The molecule has 3 unspecified atom stereocenters. The maximum Gasteiger partial charge on any atom is 0.268 e. The van der Waals surface area contributed by atoms with Crippen molar-refractivity contribution in [3.05, 3.63) is 109 Å². The van der Waals surface area contributed by atoms with Crippen molar-refractivity contribution in [2.75, 3.05) is 20.8 Å². The fourth-order valence-electron chi connectivity index (χ4n) is 4.58. The van der Waals surface area contributed by atoms with E-state index in [-0.39, 0.29) is 11.1 Å². The molecule has 3 atom stereocenters. The number of hydrogen-bond donors (Lipinski definition) is 0. The smallest absolute Gasteiger partial charge is 0.268 e. The molecule has 38 heavy (non-hydrogen) atoms. The average Bonchev–Trinajstić information content (AvgIpc) is 3.23. The molecule has 7 heteroatoms. The van der Waals surface area contributed by atoms with Gasteiger partial charge in [-0.05, 0) is 35.8 Å². The van der Waals surface area contributed by atoms with Crippen molar-refractivity contribution in [2.24, 2.45) is 5.92 Å². The van der Waals surface area contributed by atoms with E-state index in [4.69, 9.17) is 31.2 Å². The van der Waals surface area contributed by atoms with Crippen LogP contribution in [0.4, 0.5) is 0 Å². The molecule has 6 nitrogen and oxygen atoms in total. The van der Waals surface area contributed by atoms with Crippen LogP contribution in [0.5, 0.6) is 11.5 Å². The second kappa shape index (κ2) is 12.7. The number of hydrogen-bond acceptors (Lipinski definition) is 6. The molecular formula is C31H35NO5S. The largest absolute Gasteiger partial charge is 0.497 e. The Morgan fingerprint density at radius 1 is 1.11 bits per heavy atom. The Kier molecular flexibility index (Phi) is 9.66. The van der Waals surface area contributed by atoms with E-state index in [0.717, 1.165) is 5.56 Å². The topological polar surface area (TPSA) is 57.2 Å². The van der Waals surface area contributed by atoms with Crippen LogP contribution in [0.25, 0.3) is 0 Å². The van der Waals surface area contributed by atoms with E-state index in [1.807, 2.05) is 30.3 Å². The molecule has 0 aromatic heterocycles. The summed E-state index contributed by atoms with van der Waals surface area (Å²) in [5, 5.41) is -0.00687. The van der Waals surface area contributed by atoms with Crippen LogP contribution >= 0.6 is 12.2 Å². The van der Waals surface area contributed by atoms with Crippen LogP contribution in [-0.2, 0) is 9.47 Å². The minimum Gasteiger partial charge on any atom is -0.497 e. The lowest BCUT2D eigenvalue weighted by atomic mass is 9.77. The molecule has 2 aromatic carbocycles.